The average molecular weight is 512 g/mol. The van der Waals surface area contributed by atoms with Gasteiger partial charge in [0.25, 0.3) is 5.56 Å². The van der Waals surface area contributed by atoms with Gasteiger partial charge in [-0.15, -0.1) is 0 Å². The van der Waals surface area contributed by atoms with Crippen molar-refractivity contribution in [2.75, 3.05) is 58.4 Å². The van der Waals surface area contributed by atoms with E-state index in [1.165, 1.54) is 35.6 Å². The molecule has 2 N–H and O–H groups in total. The Morgan fingerprint density at radius 1 is 1.06 bits per heavy atom. The molecule has 0 spiro atoms. The molecule has 1 fully saturated rings. The molecule has 11 heteroatoms. The van der Waals surface area contributed by atoms with Gasteiger partial charge in [-0.25, -0.2) is 4.79 Å². The number of ether oxygens (including phenoxy) is 2. The highest BCUT2D eigenvalue weighted by Gasteiger charge is 2.18. The van der Waals surface area contributed by atoms with Gasteiger partial charge in [-0.2, -0.15) is 0 Å². The molecule has 1 amide bonds. The normalized spacial score (nSPS) is 14.0. The Morgan fingerprint density at radius 3 is 2.44 bits per heavy atom. The van der Waals surface area contributed by atoms with Crippen LogP contribution in [0.2, 0.25) is 0 Å². The average Bonchev–Trinajstić information content (AvgIpc) is 2.90. The second-order valence-electron chi connectivity index (χ2n) is 8.45. The Hall–Kier alpha value is -3.70. The molecule has 0 bridgehead atoms. The van der Waals surface area contributed by atoms with Crippen LogP contribution >= 0.6 is 12.2 Å². The van der Waals surface area contributed by atoms with E-state index in [1.807, 2.05) is 12.1 Å². The third-order valence-corrected chi connectivity index (χ3v) is 6.59. The second-order valence-corrected chi connectivity index (χ2v) is 8.84. The number of piperazine rings is 1. The van der Waals surface area contributed by atoms with Gasteiger partial charge in [0.15, 0.2) is 4.77 Å². The van der Waals surface area contributed by atoms with E-state index in [-0.39, 0.29) is 17.2 Å². The Bertz CT molecular complexity index is 1360. The lowest BCUT2D eigenvalue weighted by atomic mass is 10.1. The lowest BCUT2D eigenvalue weighted by Gasteiger charge is -2.36. The minimum Gasteiger partial charge on any atom is -0.497 e. The number of H-pyrrole nitrogens is 1. The molecule has 4 rings (SSSR count). The summed E-state index contributed by atoms with van der Waals surface area (Å²) >= 11 is 5.29. The smallest absolute Gasteiger partial charge is 0.337 e. The first-order valence-corrected chi connectivity index (χ1v) is 12.0. The number of methoxy groups -OCH3 is 2. The molecule has 3 aromatic rings. The number of amides is 1. The lowest BCUT2D eigenvalue weighted by molar-refractivity contribution is -0.121. The van der Waals surface area contributed by atoms with Crippen LogP contribution in [0.25, 0.3) is 10.9 Å². The highest BCUT2D eigenvalue weighted by atomic mass is 32.1. The number of anilines is 1. The van der Waals surface area contributed by atoms with Crippen molar-refractivity contribution in [3.8, 4) is 5.75 Å². The third kappa shape index (κ3) is 5.74. The van der Waals surface area contributed by atoms with Crippen molar-refractivity contribution < 1.29 is 19.1 Å². The van der Waals surface area contributed by atoms with E-state index in [1.54, 1.807) is 7.11 Å². The van der Waals surface area contributed by atoms with E-state index in [0.717, 1.165) is 38.5 Å². The molecule has 10 nitrogen and oxygen atoms in total. The van der Waals surface area contributed by atoms with Crippen molar-refractivity contribution in [1.29, 1.82) is 0 Å². The number of esters is 1. The predicted octanol–water partition coefficient (Wildman–Crippen LogP) is 1.79. The topological polar surface area (TPSA) is 109 Å². The SMILES string of the molecule is COC(=O)c1ccc2c(=O)n(CC(=O)NCCN3CCN(c4ccc(OC)cc4)CC3)c(=S)[nH]c2c1. The predicted molar refractivity (Wildman–Crippen MR) is 139 cm³/mol. The number of benzene rings is 2. The maximum atomic E-state index is 12.9. The Kier molecular flexibility index (Phi) is 8.01. The van der Waals surface area contributed by atoms with Crippen LogP contribution in [0.5, 0.6) is 5.75 Å². The summed E-state index contributed by atoms with van der Waals surface area (Å²) in [5, 5.41) is 3.21. The fraction of sp³-hybridized carbons (Fsp3) is 0.360. The van der Waals surface area contributed by atoms with Gasteiger partial charge in [0.2, 0.25) is 5.91 Å². The number of carbonyl (C=O) groups is 2. The standard InChI is InChI=1S/C25H29N5O5S/c1-34-19-6-4-18(5-7-19)29-13-11-28(12-14-29)10-9-26-22(31)16-30-23(32)20-8-3-17(24(33)35-2)15-21(20)27-25(30)36/h3-8,15H,9-14,16H2,1-2H3,(H,26,31)(H,27,36). The highest BCUT2D eigenvalue weighted by Crippen LogP contribution is 2.20. The van der Waals surface area contributed by atoms with Crippen LogP contribution in [-0.2, 0) is 16.1 Å². The van der Waals surface area contributed by atoms with Gasteiger partial charge in [0.05, 0.1) is 30.7 Å². The number of fused-ring (bicyclic) bond motifs is 1. The zero-order chi connectivity index (χ0) is 25.7. The van der Waals surface area contributed by atoms with E-state index < -0.39 is 11.5 Å². The maximum absolute atomic E-state index is 12.9. The first-order chi connectivity index (χ1) is 17.4. The van der Waals surface area contributed by atoms with Crippen LogP contribution in [0.1, 0.15) is 10.4 Å². The van der Waals surface area contributed by atoms with Crippen LogP contribution in [0.15, 0.2) is 47.3 Å². The number of hydrogen-bond acceptors (Lipinski definition) is 8. The molecule has 190 valence electrons. The number of rotatable bonds is 8. The van der Waals surface area contributed by atoms with Gasteiger partial charge in [-0.1, -0.05) is 0 Å². The lowest BCUT2D eigenvalue weighted by Crippen LogP contribution is -2.48. The largest absolute Gasteiger partial charge is 0.497 e. The van der Waals surface area contributed by atoms with Crippen molar-refractivity contribution >= 4 is 40.7 Å². The molecule has 2 aromatic carbocycles. The number of hydrogen-bond donors (Lipinski definition) is 2. The highest BCUT2D eigenvalue weighted by molar-refractivity contribution is 7.71. The zero-order valence-electron chi connectivity index (χ0n) is 20.3. The molecule has 0 aliphatic carbocycles. The van der Waals surface area contributed by atoms with Crippen LogP contribution in [-0.4, -0.2) is 79.8 Å². The molecular formula is C25H29N5O5S. The first kappa shape index (κ1) is 25.4. The van der Waals surface area contributed by atoms with Crippen molar-refractivity contribution in [2.24, 2.45) is 0 Å². The number of carbonyl (C=O) groups excluding carboxylic acids is 2. The van der Waals surface area contributed by atoms with Gasteiger partial charge >= 0.3 is 5.97 Å². The summed E-state index contributed by atoms with van der Waals surface area (Å²) in [5.41, 5.74) is 1.49. The van der Waals surface area contributed by atoms with E-state index in [0.29, 0.717) is 23.0 Å². The van der Waals surface area contributed by atoms with Gasteiger partial charge < -0.3 is 24.7 Å². The number of aromatic nitrogens is 2. The van der Waals surface area contributed by atoms with Crippen molar-refractivity contribution in [2.45, 2.75) is 6.54 Å². The molecule has 0 radical (unpaired) electrons. The molecular weight excluding hydrogens is 482 g/mol. The molecule has 36 heavy (non-hydrogen) atoms. The molecule has 2 heterocycles. The quantitative estimate of drug-likeness (QED) is 0.348. The van der Waals surface area contributed by atoms with Gasteiger partial charge in [0.1, 0.15) is 12.3 Å². The molecule has 1 saturated heterocycles. The van der Waals surface area contributed by atoms with Crippen LogP contribution < -0.4 is 20.5 Å². The minimum absolute atomic E-state index is 0.110. The van der Waals surface area contributed by atoms with E-state index in [2.05, 4.69) is 32.2 Å². The maximum Gasteiger partial charge on any atom is 0.337 e. The van der Waals surface area contributed by atoms with Gasteiger partial charge in [0, 0.05) is 45.0 Å². The third-order valence-electron chi connectivity index (χ3n) is 6.26. The van der Waals surface area contributed by atoms with E-state index in [4.69, 9.17) is 21.7 Å². The van der Waals surface area contributed by atoms with Crippen LogP contribution in [0.4, 0.5) is 5.69 Å². The summed E-state index contributed by atoms with van der Waals surface area (Å²) < 4.78 is 11.3. The van der Waals surface area contributed by atoms with Gasteiger partial charge in [-0.3, -0.25) is 19.1 Å². The molecule has 0 saturated carbocycles. The number of nitrogens with zero attached hydrogens (tertiary/aromatic N) is 3. The number of aromatic amines is 1. The summed E-state index contributed by atoms with van der Waals surface area (Å²) in [5.74, 6) is 0.0359. The Labute approximate surface area is 213 Å². The molecule has 0 atom stereocenters. The second kappa shape index (κ2) is 11.4. The van der Waals surface area contributed by atoms with E-state index in [9.17, 15) is 14.4 Å². The molecule has 1 aromatic heterocycles. The summed E-state index contributed by atoms with van der Waals surface area (Å²) in [4.78, 5) is 44.7. The van der Waals surface area contributed by atoms with Crippen molar-refractivity contribution in [3.05, 3.63) is 63.2 Å². The first-order valence-electron chi connectivity index (χ1n) is 11.6. The fourth-order valence-electron chi connectivity index (χ4n) is 4.22. The number of nitrogens with one attached hydrogen (secondary N) is 2. The monoisotopic (exact) mass is 511 g/mol. The van der Waals surface area contributed by atoms with Crippen LogP contribution in [0.3, 0.4) is 0 Å². The molecule has 0 unspecified atom stereocenters. The van der Waals surface area contributed by atoms with Crippen molar-refractivity contribution in [1.82, 2.24) is 19.8 Å². The summed E-state index contributed by atoms with van der Waals surface area (Å²) in [6, 6.07) is 12.6. The summed E-state index contributed by atoms with van der Waals surface area (Å²) in [6.45, 7) is 4.60. The molecule has 1 aliphatic rings. The van der Waals surface area contributed by atoms with Gasteiger partial charge in [-0.05, 0) is 54.7 Å². The zero-order valence-corrected chi connectivity index (χ0v) is 21.1. The summed E-state index contributed by atoms with van der Waals surface area (Å²) in [7, 11) is 2.94. The van der Waals surface area contributed by atoms with Crippen LogP contribution in [0, 0.1) is 4.77 Å². The minimum atomic E-state index is -0.512. The Balaban J connectivity index is 1.28. The van der Waals surface area contributed by atoms with E-state index >= 15 is 0 Å². The Morgan fingerprint density at radius 2 is 1.78 bits per heavy atom. The molecule has 1 aliphatic heterocycles. The van der Waals surface area contributed by atoms with Crippen molar-refractivity contribution in [3.63, 3.8) is 0 Å². The fourth-order valence-corrected chi connectivity index (χ4v) is 4.48. The summed E-state index contributed by atoms with van der Waals surface area (Å²) in [6.07, 6.45) is 0.